The minimum Gasteiger partial charge on any atom is -0.337 e. The van der Waals surface area contributed by atoms with Crippen LogP contribution in [0.4, 0.5) is 0 Å². The lowest BCUT2D eigenvalue weighted by Crippen LogP contribution is -2.38. The number of likely N-dealkylation sites (tertiary alicyclic amines) is 1. The first-order valence-corrected chi connectivity index (χ1v) is 8.70. The standard InChI is InChI=1S/C19H19N5O2/c1-13-7-8-15(12-21-13)19(25)24-10-3-2-6-16(24)18-22-17(23-26-18)14-5-4-9-20-11-14/h4-5,7-9,11-12,16H,2-3,6,10H2,1H3/t16-/m1/s1. The Hall–Kier alpha value is -3.09. The number of hydrogen-bond donors (Lipinski definition) is 0. The number of nitrogens with zero attached hydrogens (tertiary/aromatic N) is 5. The Morgan fingerprint density at radius 3 is 2.92 bits per heavy atom. The molecule has 0 spiro atoms. The molecule has 3 aromatic rings. The maximum Gasteiger partial charge on any atom is 0.256 e. The van der Waals surface area contributed by atoms with Crippen molar-refractivity contribution in [3.05, 3.63) is 60.0 Å². The Morgan fingerprint density at radius 1 is 1.23 bits per heavy atom. The summed E-state index contributed by atoms with van der Waals surface area (Å²) < 4.78 is 5.50. The molecule has 1 fully saturated rings. The molecule has 0 bridgehead atoms. The topological polar surface area (TPSA) is 85.0 Å². The third-order valence-electron chi connectivity index (χ3n) is 4.57. The zero-order valence-corrected chi connectivity index (χ0v) is 14.5. The Labute approximate surface area is 151 Å². The summed E-state index contributed by atoms with van der Waals surface area (Å²) in [5.74, 6) is 0.906. The van der Waals surface area contributed by atoms with Gasteiger partial charge in [-0.2, -0.15) is 4.98 Å². The van der Waals surface area contributed by atoms with Gasteiger partial charge in [-0.05, 0) is 50.5 Å². The first-order valence-electron chi connectivity index (χ1n) is 8.70. The maximum absolute atomic E-state index is 13.0. The third kappa shape index (κ3) is 3.20. The van der Waals surface area contributed by atoms with Crippen molar-refractivity contribution in [2.45, 2.75) is 32.2 Å². The summed E-state index contributed by atoms with van der Waals surface area (Å²) in [5, 5.41) is 4.06. The summed E-state index contributed by atoms with van der Waals surface area (Å²) in [6, 6.07) is 7.15. The second-order valence-corrected chi connectivity index (χ2v) is 6.40. The van der Waals surface area contributed by atoms with E-state index in [0.29, 0.717) is 23.8 Å². The minimum atomic E-state index is -0.213. The van der Waals surface area contributed by atoms with Crippen molar-refractivity contribution in [2.75, 3.05) is 6.54 Å². The molecular formula is C19H19N5O2. The van der Waals surface area contributed by atoms with E-state index < -0.39 is 0 Å². The van der Waals surface area contributed by atoms with Crippen LogP contribution >= 0.6 is 0 Å². The van der Waals surface area contributed by atoms with E-state index in [1.165, 1.54) is 0 Å². The largest absolute Gasteiger partial charge is 0.337 e. The number of carbonyl (C=O) groups excluding carboxylic acids is 1. The Balaban J connectivity index is 1.61. The molecule has 4 rings (SSSR count). The van der Waals surface area contributed by atoms with Gasteiger partial charge in [0.2, 0.25) is 11.7 Å². The lowest BCUT2D eigenvalue weighted by atomic mass is 10.0. The van der Waals surface area contributed by atoms with E-state index in [-0.39, 0.29) is 11.9 Å². The van der Waals surface area contributed by atoms with Crippen LogP contribution in [0.15, 0.2) is 47.4 Å². The molecule has 1 aliphatic heterocycles. The Kier molecular flexibility index (Phi) is 4.43. The Bertz CT molecular complexity index is 892. The molecular weight excluding hydrogens is 330 g/mol. The molecule has 0 saturated carbocycles. The fourth-order valence-electron chi connectivity index (χ4n) is 3.17. The number of amides is 1. The molecule has 1 atom stereocenters. The van der Waals surface area contributed by atoms with Gasteiger partial charge in [0.05, 0.1) is 5.56 Å². The van der Waals surface area contributed by atoms with Crippen molar-refractivity contribution >= 4 is 5.91 Å². The van der Waals surface area contributed by atoms with Crippen LogP contribution in [0, 0.1) is 6.92 Å². The molecule has 1 aliphatic rings. The van der Waals surface area contributed by atoms with Gasteiger partial charge in [0.1, 0.15) is 6.04 Å². The van der Waals surface area contributed by atoms with Gasteiger partial charge in [0, 0.05) is 36.4 Å². The van der Waals surface area contributed by atoms with E-state index in [4.69, 9.17) is 4.52 Å². The predicted octanol–water partition coefficient (Wildman–Crippen LogP) is 3.20. The summed E-state index contributed by atoms with van der Waals surface area (Å²) in [5.41, 5.74) is 2.25. The van der Waals surface area contributed by atoms with Gasteiger partial charge in [0.25, 0.3) is 5.91 Å². The number of hydrogen-bond acceptors (Lipinski definition) is 6. The third-order valence-corrected chi connectivity index (χ3v) is 4.57. The van der Waals surface area contributed by atoms with Gasteiger partial charge >= 0.3 is 0 Å². The highest BCUT2D eigenvalue weighted by atomic mass is 16.5. The average Bonchev–Trinajstić information content (AvgIpc) is 3.19. The quantitative estimate of drug-likeness (QED) is 0.722. The second-order valence-electron chi connectivity index (χ2n) is 6.40. The van der Waals surface area contributed by atoms with Crippen LogP contribution in [-0.4, -0.2) is 37.5 Å². The van der Waals surface area contributed by atoms with E-state index in [0.717, 1.165) is 30.5 Å². The zero-order chi connectivity index (χ0) is 17.9. The van der Waals surface area contributed by atoms with Crippen molar-refractivity contribution in [3.8, 4) is 11.4 Å². The van der Waals surface area contributed by atoms with E-state index in [1.807, 2.05) is 36.1 Å². The highest BCUT2D eigenvalue weighted by Crippen LogP contribution is 2.32. The van der Waals surface area contributed by atoms with Crippen molar-refractivity contribution in [3.63, 3.8) is 0 Å². The van der Waals surface area contributed by atoms with Gasteiger partial charge in [-0.15, -0.1) is 0 Å². The monoisotopic (exact) mass is 349 g/mol. The van der Waals surface area contributed by atoms with Crippen molar-refractivity contribution < 1.29 is 9.32 Å². The van der Waals surface area contributed by atoms with Crippen LogP contribution in [0.25, 0.3) is 11.4 Å². The summed E-state index contributed by atoms with van der Waals surface area (Å²) in [6.07, 6.45) is 7.80. The molecule has 0 aliphatic carbocycles. The molecule has 3 aromatic heterocycles. The number of piperidine rings is 1. The van der Waals surface area contributed by atoms with E-state index >= 15 is 0 Å². The molecule has 26 heavy (non-hydrogen) atoms. The SMILES string of the molecule is Cc1ccc(C(=O)N2CCCC[C@@H]2c2nc(-c3cccnc3)no2)cn1. The van der Waals surface area contributed by atoms with Crippen molar-refractivity contribution in [1.82, 2.24) is 25.0 Å². The van der Waals surface area contributed by atoms with E-state index in [9.17, 15) is 4.79 Å². The van der Waals surface area contributed by atoms with Crippen LogP contribution in [0.3, 0.4) is 0 Å². The van der Waals surface area contributed by atoms with E-state index in [2.05, 4.69) is 20.1 Å². The summed E-state index contributed by atoms with van der Waals surface area (Å²) in [7, 11) is 0. The van der Waals surface area contributed by atoms with Crippen LogP contribution < -0.4 is 0 Å². The summed E-state index contributed by atoms with van der Waals surface area (Å²) in [6.45, 7) is 2.57. The van der Waals surface area contributed by atoms with Crippen LogP contribution in [-0.2, 0) is 0 Å². The number of carbonyl (C=O) groups is 1. The van der Waals surface area contributed by atoms with Gasteiger partial charge in [-0.1, -0.05) is 5.16 Å². The Morgan fingerprint density at radius 2 is 2.15 bits per heavy atom. The molecule has 7 nitrogen and oxygen atoms in total. The lowest BCUT2D eigenvalue weighted by Gasteiger charge is -2.33. The normalized spacial score (nSPS) is 17.3. The van der Waals surface area contributed by atoms with Crippen LogP contribution in [0.5, 0.6) is 0 Å². The summed E-state index contributed by atoms with van der Waals surface area (Å²) >= 11 is 0. The zero-order valence-electron chi connectivity index (χ0n) is 14.5. The smallest absolute Gasteiger partial charge is 0.256 e. The highest BCUT2D eigenvalue weighted by molar-refractivity contribution is 5.94. The van der Waals surface area contributed by atoms with Crippen LogP contribution in [0.2, 0.25) is 0 Å². The number of aromatic nitrogens is 4. The van der Waals surface area contributed by atoms with Gasteiger partial charge in [0.15, 0.2) is 0 Å². The van der Waals surface area contributed by atoms with Crippen molar-refractivity contribution in [1.29, 1.82) is 0 Å². The first kappa shape index (κ1) is 16.4. The van der Waals surface area contributed by atoms with Crippen LogP contribution in [0.1, 0.15) is 47.2 Å². The maximum atomic E-state index is 13.0. The highest BCUT2D eigenvalue weighted by Gasteiger charge is 2.32. The molecule has 1 amide bonds. The van der Waals surface area contributed by atoms with Gasteiger partial charge in [-0.3, -0.25) is 14.8 Å². The van der Waals surface area contributed by atoms with Gasteiger partial charge < -0.3 is 9.42 Å². The molecule has 7 heteroatoms. The molecule has 0 aromatic carbocycles. The summed E-state index contributed by atoms with van der Waals surface area (Å²) in [4.78, 5) is 27.6. The fraction of sp³-hybridized carbons (Fsp3) is 0.316. The number of pyridine rings is 2. The molecule has 132 valence electrons. The van der Waals surface area contributed by atoms with E-state index in [1.54, 1.807) is 18.6 Å². The number of rotatable bonds is 3. The molecule has 1 saturated heterocycles. The minimum absolute atomic E-state index is 0.0525. The molecule has 4 heterocycles. The fourth-order valence-corrected chi connectivity index (χ4v) is 3.17. The molecule has 0 unspecified atom stereocenters. The van der Waals surface area contributed by atoms with Crippen molar-refractivity contribution in [2.24, 2.45) is 0 Å². The molecule has 0 N–H and O–H groups in total. The van der Waals surface area contributed by atoms with Gasteiger partial charge in [-0.25, -0.2) is 0 Å². The molecule has 0 radical (unpaired) electrons. The average molecular weight is 349 g/mol. The lowest BCUT2D eigenvalue weighted by molar-refractivity contribution is 0.0561. The first-order chi connectivity index (χ1) is 12.7. The number of aryl methyl sites for hydroxylation is 1. The second kappa shape index (κ2) is 7.03. The predicted molar refractivity (Wildman–Crippen MR) is 94.1 cm³/mol.